The second kappa shape index (κ2) is 3.99. The molecular weight excluding hydrogens is 216 g/mol. The quantitative estimate of drug-likeness (QED) is 0.807. The second-order valence-corrected chi connectivity index (χ2v) is 4.07. The Morgan fingerprint density at radius 3 is 2.62 bits per heavy atom. The summed E-state index contributed by atoms with van der Waals surface area (Å²) < 4.78 is 31.4. The van der Waals surface area contributed by atoms with Crippen molar-refractivity contribution >= 4 is 0 Å². The van der Waals surface area contributed by atoms with Crippen LogP contribution >= 0.6 is 0 Å². The minimum atomic E-state index is -0.952. The number of nitrogens with one attached hydrogen (secondary N) is 1. The van der Waals surface area contributed by atoms with Gasteiger partial charge in [-0.05, 0) is 0 Å². The number of methoxy groups -OCH3 is 1. The summed E-state index contributed by atoms with van der Waals surface area (Å²) in [5.74, 6) is -1.23. The first kappa shape index (κ1) is 11.3. The summed E-state index contributed by atoms with van der Waals surface area (Å²) in [5, 5.41) is 12.8. The fourth-order valence-corrected chi connectivity index (χ4v) is 1.80. The Kier molecular flexibility index (Phi) is 2.82. The molecule has 1 aromatic carbocycles. The number of hydrogen-bond donors (Lipinski definition) is 2. The van der Waals surface area contributed by atoms with Gasteiger partial charge in [0.25, 0.3) is 0 Å². The zero-order chi connectivity index (χ0) is 11.8. The van der Waals surface area contributed by atoms with Crippen molar-refractivity contribution in [3.63, 3.8) is 0 Å². The lowest BCUT2D eigenvalue weighted by atomic mass is 9.88. The monoisotopic (exact) mass is 229 g/mol. The highest BCUT2D eigenvalue weighted by Crippen LogP contribution is 2.28. The van der Waals surface area contributed by atoms with Crippen molar-refractivity contribution in [1.82, 2.24) is 5.32 Å². The summed E-state index contributed by atoms with van der Waals surface area (Å²) in [6, 6.07) is 1.92. The number of halogens is 2. The van der Waals surface area contributed by atoms with Crippen molar-refractivity contribution in [2.24, 2.45) is 0 Å². The zero-order valence-corrected chi connectivity index (χ0v) is 8.89. The number of hydrogen-bond acceptors (Lipinski definition) is 3. The van der Waals surface area contributed by atoms with Gasteiger partial charge >= 0.3 is 0 Å². The third kappa shape index (κ3) is 2.01. The van der Waals surface area contributed by atoms with E-state index in [9.17, 15) is 13.9 Å². The van der Waals surface area contributed by atoms with Crippen LogP contribution in [0.25, 0.3) is 0 Å². The van der Waals surface area contributed by atoms with E-state index in [1.165, 1.54) is 7.11 Å². The molecule has 0 spiro atoms. The molecule has 0 radical (unpaired) electrons. The van der Waals surface area contributed by atoms with Crippen molar-refractivity contribution in [2.75, 3.05) is 20.2 Å². The molecule has 2 N–H and O–H groups in total. The highest BCUT2D eigenvalue weighted by atomic mass is 19.1. The summed E-state index contributed by atoms with van der Waals surface area (Å²) in [4.78, 5) is 0. The van der Waals surface area contributed by atoms with Gasteiger partial charge in [0.2, 0.25) is 0 Å². The van der Waals surface area contributed by atoms with Gasteiger partial charge in [0, 0.05) is 37.2 Å². The summed E-state index contributed by atoms with van der Waals surface area (Å²) in [6.45, 7) is 0.819. The number of benzene rings is 1. The van der Waals surface area contributed by atoms with Crippen molar-refractivity contribution in [3.8, 4) is 5.75 Å². The summed E-state index contributed by atoms with van der Waals surface area (Å²) >= 11 is 0. The highest BCUT2D eigenvalue weighted by molar-refractivity contribution is 5.37. The van der Waals surface area contributed by atoms with E-state index >= 15 is 0 Å². The molecule has 0 atom stereocenters. The smallest absolute Gasteiger partial charge is 0.133 e. The molecule has 88 valence electrons. The number of β-amino-alcohol motifs (C(OH)–C–C–N with tert-alkyl or cyclic N) is 1. The maximum absolute atomic E-state index is 13.5. The molecule has 5 heteroatoms. The molecule has 1 fully saturated rings. The average Bonchev–Trinajstić information content (AvgIpc) is 2.19. The van der Waals surface area contributed by atoms with Gasteiger partial charge in [-0.25, -0.2) is 8.78 Å². The van der Waals surface area contributed by atoms with Crippen LogP contribution < -0.4 is 10.1 Å². The van der Waals surface area contributed by atoms with E-state index in [0.29, 0.717) is 13.1 Å². The average molecular weight is 229 g/mol. The van der Waals surface area contributed by atoms with Crippen LogP contribution in [-0.4, -0.2) is 30.9 Å². The predicted molar refractivity (Wildman–Crippen MR) is 54.4 cm³/mol. The molecule has 0 amide bonds. The fraction of sp³-hybridized carbons (Fsp3) is 0.455. The molecule has 1 heterocycles. The Morgan fingerprint density at radius 1 is 1.44 bits per heavy atom. The molecule has 0 bridgehead atoms. The van der Waals surface area contributed by atoms with Gasteiger partial charge in [-0.15, -0.1) is 0 Å². The predicted octanol–water partition coefficient (Wildman–Crippen LogP) is 0.850. The molecule has 2 rings (SSSR count). The third-order valence-electron chi connectivity index (χ3n) is 2.75. The maximum Gasteiger partial charge on any atom is 0.133 e. The Hall–Kier alpha value is -1.20. The van der Waals surface area contributed by atoms with Crippen molar-refractivity contribution < 1.29 is 18.6 Å². The van der Waals surface area contributed by atoms with E-state index in [4.69, 9.17) is 4.74 Å². The first-order valence-electron chi connectivity index (χ1n) is 4.99. The number of ether oxygens (including phenoxy) is 1. The van der Waals surface area contributed by atoms with Crippen LogP contribution in [0.15, 0.2) is 12.1 Å². The molecule has 3 nitrogen and oxygen atoms in total. The van der Waals surface area contributed by atoms with Crippen LogP contribution in [0.5, 0.6) is 5.75 Å². The first-order chi connectivity index (χ1) is 7.54. The number of aliphatic hydroxyl groups is 1. The van der Waals surface area contributed by atoms with Crippen LogP contribution in [0.1, 0.15) is 5.56 Å². The first-order valence-corrected chi connectivity index (χ1v) is 4.99. The standard InChI is InChI=1S/C11H13F2NO2/c1-16-10-3-7(12)2-9(13)8(10)4-11(15)5-14-6-11/h2-3,14-15H,4-6H2,1H3. The van der Waals surface area contributed by atoms with E-state index in [1.54, 1.807) is 0 Å². The molecule has 0 unspecified atom stereocenters. The SMILES string of the molecule is COc1cc(F)cc(F)c1CC1(O)CNC1. The van der Waals surface area contributed by atoms with E-state index in [2.05, 4.69) is 5.32 Å². The molecule has 1 aromatic rings. The van der Waals surface area contributed by atoms with Crippen LogP contribution in [0.4, 0.5) is 8.78 Å². The Balaban J connectivity index is 2.31. The molecule has 0 aliphatic carbocycles. The Labute approximate surface area is 92.0 Å². The minimum absolute atomic E-state index is 0.120. The van der Waals surface area contributed by atoms with E-state index in [0.717, 1.165) is 12.1 Å². The van der Waals surface area contributed by atoms with Crippen LogP contribution in [0.2, 0.25) is 0 Å². The normalized spacial score (nSPS) is 18.0. The van der Waals surface area contributed by atoms with Crippen molar-refractivity contribution in [2.45, 2.75) is 12.0 Å². The van der Waals surface area contributed by atoms with Gasteiger partial charge in [0.1, 0.15) is 17.4 Å². The van der Waals surface area contributed by atoms with Gasteiger partial charge < -0.3 is 15.2 Å². The third-order valence-corrected chi connectivity index (χ3v) is 2.75. The second-order valence-electron chi connectivity index (χ2n) is 4.07. The van der Waals surface area contributed by atoms with Crippen LogP contribution in [-0.2, 0) is 6.42 Å². The largest absolute Gasteiger partial charge is 0.496 e. The summed E-state index contributed by atoms with van der Waals surface area (Å²) in [6.07, 6.45) is 0.120. The maximum atomic E-state index is 13.5. The summed E-state index contributed by atoms with van der Waals surface area (Å²) in [5.41, 5.74) is -0.737. The lowest BCUT2D eigenvalue weighted by Gasteiger charge is -2.38. The molecule has 1 saturated heterocycles. The topological polar surface area (TPSA) is 41.5 Å². The molecular formula is C11H13F2NO2. The van der Waals surface area contributed by atoms with E-state index in [-0.39, 0.29) is 17.7 Å². The molecule has 0 saturated carbocycles. The van der Waals surface area contributed by atoms with E-state index in [1.807, 2.05) is 0 Å². The lowest BCUT2D eigenvalue weighted by Crippen LogP contribution is -2.60. The Morgan fingerprint density at radius 2 is 2.12 bits per heavy atom. The number of rotatable bonds is 3. The minimum Gasteiger partial charge on any atom is -0.496 e. The molecule has 0 aromatic heterocycles. The van der Waals surface area contributed by atoms with Gasteiger partial charge in [-0.2, -0.15) is 0 Å². The van der Waals surface area contributed by atoms with Gasteiger partial charge in [0.15, 0.2) is 0 Å². The van der Waals surface area contributed by atoms with Crippen molar-refractivity contribution in [3.05, 3.63) is 29.3 Å². The lowest BCUT2D eigenvalue weighted by molar-refractivity contribution is -0.0101. The van der Waals surface area contributed by atoms with Crippen LogP contribution in [0, 0.1) is 11.6 Å². The van der Waals surface area contributed by atoms with Gasteiger partial charge in [-0.1, -0.05) is 0 Å². The Bertz CT molecular complexity index is 405. The van der Waals surface area contributed by atoms with Gasteiger partial charge in [0.05, 0.1) is 12.7 Å². The van der Waals surface area contributed by atoms with Crippen LogP contribution in [0.3, 0.4) is 0 Å². The summed E-state index contributed by atoms with van der Waals surface area (Å²) in [7, 11) is 1.35. The fourth-order valence-electron chi connectivity index (χ4n) is 1.80. The van der Waals surface area contributed by atoms with E-state index < -0.39 is 17.2 Å². The molecule has 16 heavy (non-hydrogen) atoms. The molecule has 1 aliphatic rings. The zero-order valence-electron chi connectivity index (χ0n) is 8.89. The van der Waals surface area contributed by atoms with Gasteiger partial charge in [-0.3, -0.25) is 0 Å². The molecule has 1 aliphatic heterocycles. The highest BCUT2D eigenvalue weighted by Gasteiger charge is 2.36. The van der Waals surface area contributed by atoms with Crippen molar-refractivity contribution in [1.29, 1.82) is 0 Å².